The zero-order valence-corrected chi connectivity index (χ0v) is 14.8. The maximum absolute atomic E-state index is 13.0. The van der Waals surface area contributed by atoms with Gasteiger partial charge in [-0.15, -0.1) is 0 Å². The summed E-state index contributed by atoms with van der Waals surface area (Å²) in [6.45, 7) is 2.48. The molecule has 2 heterocycles. The van der Waals surface area contributed by atoms with E-state index in [4.69, 9.17) is 4.74 Å². The standard InChI is InChI=1S/C21H22N2O3/c1-22-13-19(17-9-5-6-10-18(17)20(22)24)21(25)23-11-15(12-23)14-26-16-7-3-2-4-8-16/h2-10,15,19H,11-14H2,1H3. The molecule has 0 saturated carbocycles. The first-order chi connectivity index (χ1) is 12.6. The lowest BCUT2D eigenvalue weighted by molar-refractivity contribution is -0.140. The Kier molecular flexibility index (Phi) is 4.37. The van der Waals surface area contributed by atoms with Gasteiger partial charge in [0.2, 0.25) is 5.91 Å². The Bertz CT molecular complexity index is 815. The third kappa shape index (κ3) is 3.05. The molecule has 1 fully saturated rings. The summed E-state index contributed by atoms with van der Waals surface area (Å²) in [6.07, 6.45) is 0. The van der Waals surface area contributed by atoms with Gasteiger partial charge in [0.15, 0.2) is 0 Å². The summed E-state index contributed by atoms with van der Waals surface area (Å²) in [5.74, 6) is 1.04. The van der Waals surface area contributed by atoms with Crippen LogP contribution in [0.3, 0.4) is 0 Å². The van der Waals surface area contributed by atoms with Gasteiger partial charge in [-0.1, -0.05) is 36.4 Å². The molecule has 2 aromatic carbocycles. The first kappa shape index (κ1) is 16.6. The van der Waals surface area contributed by atoms with Gasteiger partial charge in [0, 0.05) is 38.2 Å². The van der Waals surface area contributed by atoms with Crippen LogP contribution in [0.1, 0.15) is 21.8 Å². The van der Waals surface area contributed by atoms with Crippen LogP contribution in [0.5, 0.6) is 5.75 Å². The predicted octanol–water partition coefficient (Wildman–Crippen LogP) is 2.39. The molecule has 2 aliphatic heterocycles. The van der Waals surface area contributed by atoms with Crippen LogP contribution >= 0.6 is 0 Å². The largest absolute Gasteiger partial charge is 0.493 e. The van der Waals surface area contributed by atoms with E-state index in [2.05, 4.69) is 0 Å². The number of nitrogens with zero attached hydrogens (tertiary/aromatic N) is 2. The van der Waals surface area contributed by atoms with Gasteiger partial charge in [0.05, 0.1) is 12.5 Å². The van der Waals surface area contributed by atoms with Crippen LogP contribution in [0, 0.1) is 5.92 Å². The van der Waals surface area contributed by atoms with E-state index in [1.807, 2.05) is 53.4 Å². The van der Waals surface area contributed by atoms with E-state index in [9.17, 15) is 9.59 Å². The Balaban J connectivity index is 1.37. The van der Waals surface area contributed by atoms with Crippen molar-refractivity contribution in [1.82, 2.24) is 9.80 Å². The molecule has 0 spiro atoms. The monoisotopic (exact) mass is 350 g/mol. The minimum atomic E-state index is -0.273. The molecule has 1 atom stereocenters. The summed E-state index contributed by atoms with van der Waals surface area (Å²) in [7, 11) is 1.76. The van der Waals surface area contributed by atoms with E-state index in [0.717, 1.165) is 11.3 Å². The highest BCUT2D eigenvalue weighted by molar-refractivity contribution is 6.00. The molecule has 0 aliphatic carbocycles. The lowest BCUT2D eigenvalue weighted by atomic mass is 9.87. The Labute approximate surface area is 153 Å². The van der Waals surface area contributed by atoms with Crippen LogP contribution in [0.25, 0.3) is 0 Å². The van der Waals surface area contributed by atoms with Crippen LogP contribution in [-0.2, 0) is 4.79 Å². The molecular formula is C21H22N2O3. The van der Waals surface area contributed by atoms with Gasteiger partial charge in [-0.2, -0.15) is 0 Å². The molecule has 0 aromatic heterocycles. The number of ether oxygens (including phenoxy) is 1. The molecule has 5 heteroatoms. The van der Waals surface area contributed by atoms with Gasteiger partial charge >= 0.3 is 0 Å². The lowest BCUT2D eigenvalue weighted by Crippen LogP contribution is -2.55. The van der Waals surface area contributed by atoms with Crippen molar-refractivity contribution in [2.75, 3.05) is 33.3 Å². The minimum Gasteiger partial charge on any atom is -0.493 e. The molecule has 2 amide bonds. The first-order valence-corrected chi connectivity index (χ1v) is 8.94. The van der Waals surface area contributed by atoms with Crippen LogP contribution < -0.4 is 4.74 Å². The molecule has 1 unspecified atom stereocenters. The van der Waals surface area contributed by atoms with Crippen LogP contribution in [-0.4, -0.2) is 54.9 Å². The van der Waals surface area contributed by atoms with E-state index < -0.39 is 0 Å². The number of amides is 2. The fraction of sp³-hybridized carbons (Fsp3) is 0.333. The first-order valence-electron chi connectivity index (χ1n) is 8.94. The molecule has 26 heavy (non-hydrogen) atoms. The quantitative estimate of drug-likeness (QED) is 0.851. The molecular weight excluding hydrogens is 328 g/mol. The fourth-order valence-corrected chi connectivity index (χ4v) is 3.67. The van der Waals surface area contributed by atoms with Crippen molar-refractivity contribution in [3.63, 3.8) is 0 Å². The number of likely N-dealkylation sites (tertiary alicyclic amines) is 1. The number of fused-ring (bicyclic) bond motifs is 1. The topological polar surface area (TPSA) is 49.9 Å². The van der Waals surface area contributed by atoms with Crippen molar-refractivity contribution in [2.45, 2.75) is 5.92 Å². The molecule has 0 bridgehead atoms. The molecule has 2 aliphatic rings. The minimum absolute atomic E-state index is 0.0117. The maximum atomic E-state index is 13.0. The molecule has 5 nitrogen and oxygen atoms in total. The number of likely N-dealkylation sites (N-methyl/N-ethyl adjacent to an activating group) is 1. The highest BCUT2D eigenvalue weighted by Crippen LogP contribution is 2.31. The van der Waals surface area contributed by atoms with Crippen molar-refractivity contribution < 1.29 is 14.3 Å². The van der Waals surface area contributed by atoms with Gasteiger partial charge in [0.1, 0.15) is 5.75 Å². The van der Waals surface area contributed by atoms with Gasteiger partial charge in [-0.25, -0.2) is 0 Å². The zero-order valence-electron chi connectivity index (χ0n) is 14.8. The predicted molar refractivity (Wildman–Crippen MR) is 98.2 cm³/mol. The summed E-state index contributed by atoms with van der Waals surface area (Å²) in [5, 5.41) is 0. The SMILES string of the molecule is CN1CC(C(=O)N2CC(COc3ccccc3)C2)c2ccccc2C1=O. The Morgan fingerprint density at radius 3 is 2.50 bits per heavy atom. The normalized spacial score (nSPS) is 19.7. The molecule has 134 valence electrons. The van der Waals surface area contributed by atoms with E-state index in [1.54, 1.807) is 18.0 Å². The summed E-state index contributed by atoms with van der Waals surface area (Å²) < 4.78 is 5.78. The molecule has 0 N–H and O–H groups in total. The fourth-order valence-electron chi connectivity index (χ4n) is 3.67. The van der Waals surface area contributed by atoms with Crippen molar-refractivity contribution in [2.24, 2.45) is 5.92 Å². The Morgan fingerprint density at radius 2 is 1.73 bits per heavy atom. The second-order valence-corrected chi connectivity index (χ2v) is 7.06. The third-order valence-electron chi connectivity index (χ3n) is 5.17. The second kappa shape index (κ2) is 6.83. The smallest absolute Gasteiger partial charge is 0.253 e. The number of hydrogen-bond acceptors (Lipinski definition) is 3. The lowest BCUT2D eigenvalue weighted by Gasteiger charge is -2.42. The Morgan fingerprint density at radius 1 is 1.04 bits per heavy atom. The van der Waals surface area contributed by atoms with E-state index in [-0.39, 0.29) is 17.7 Å². The summed E-state index contributed by atoms with van der Waals surface area (Å²) in [5.41, 5.74) is 1.49. The van der Waals surface area contributed by atoms with Gasteiger partial charge in [0.25, 0.3) is 5.91 Å². The average molecular weight is 350 g/mol. The summed E-state index contributed by atoms with van der Waals surface area (Å²) >= 11 is 0. The van der Waals surface area contributed by atoms with Crippen LogP contribution in [0.15, 0.2) is 54.6 Å². The molecule has 2 aromatic rings. The van der Waals surface area contributed by atoms with Crippen molar-refractivity contribution in [3.8, 4) is 5.75 Å². The van der Waals surface area contributed by atoms with Gasteiger partial charge in [-0.3, -0.25) is 9.59 Å². The summed E-state index contributed by atoms with van der Waals surface area (Å²) in [6, 6.07) is 17.2. The number of hydrogen-bond donors (Lipinski definition) is 0. The van der Waals surface area contributed by atoms with Crippen molar-refractivity contribution >= 4 is 11.8 Å². The number of carbonyl (C=O) groups is 2. The number of benzene rings is 2. The molecule has 0 radical (unpaired) electrons. The second-order valence-electron chi connectivity index (χ2n) is 7.06. The number of carbonyl (C=O) groups excluding carboxylic acids is 2. The highest BCUT2D eigenvalue weighted by Gasteiger charge is 2.39. The van der Waals surface area contributed by atoms with Gasteiger partial charge < -0.3 is 14.5 Å². The summed E-state index contributed by atoms with van der Waals surface area (Å²) in [4.78, 5) is 28.8. The zero-order chi connectivity index (χ0) is 18.1. The number of para-hydroxylation sites is 1. The maximum Gasteiger partial charge on any atom is 0.253 e. The average Bonchev–Trinajstić information content (AvgIpc) is 2.64. The van der Waals surface area contributed by atoms with Crippen molar-refractivity contribution in [3.05, 3.63) is 65.7 Å². The van der Waals surface area contributed by atoms with Crippen molar-refractivity contribution in [1.29, 1.82) is 0 Å². The van der Waals surface area contributed by atoms with Crippen LogP contribution in [0.2, 0.25) is 0 Å². The Hall–Kier alpha value is -2.82. The van der Waals surface area contributed by atoms with E-state index >= 15 is 0 Å². The molecule has 1 saturated heterocycles. The highest BCUT2D eigenvalue weighted by atomic mass is 16.5. The van der Waals surface area contributed by atoms with Gasteiger partial charge in [-0.05, 0) is 23.8 Å². The number of rotatable bonds is 4. The molecule has 4 rings (SSSR count). The van der Waals surface area contributed by atoms with E-state index in [0.29, 0.717) is 37.7 Å². The van der Waals surface area contributed by atoms with Crippen LogP contribution in [0.4, 0.5) is 0 Å². The third-order valence-corrected chi connectivity index (χ3v) is 5.17. The van der Waals surface area contributed by atoms with E-state index in [1.165, 1.54) is 0 Å².